The number of amides is 1. The van der Waals surface area contributed by atoms with Gasteiger partial charge in [0.2, 0.25) is 6.79 Å². The van der Waals surface area contributed by atoms with Gasteiger partial charge in [-0.1, -0.05) is 17.7 Å². The molecule has 1 aliphatic heterocycles. The smallest absolute Gasteiger partial charge is 0.262 e. The van der Waals surface area contributed by atoms with Crippen LogP contribution >= 0.6 is 11.6 Å². The number of carbonyl (C=O) groups is 1. The summed E-state index contributed by atoms with van der Waals surface area (Å²) in [5.74, 6) is 1.54. The predicted octanol–water partition coefficient (Wildman–Crippen LogP) is 3.70. The van der Waals surface area contributed by atoms with Crippen LogP contribution in [0.1, 0.15) is 11.1 Å². The molecule has 0 fully saturated rings. The largest absolute Gasteiger partial charge is 0.484 e. The molecule has 0 aliphatic carbocycles. The van der Waals surface area contributed by atoms with Crippen LogP contribution < -0.4 is 19.5 Å². The maximum Gasteiger partial charge on any atom is 0.262 e. The molecule has 1 aliphatic rings. The van der Waals surface area contributed by atoms with Gasteiger partial charge in [-0.2, -0.15) is 0 Å². The Morgan fingerprint density at radius 3 is 2.78 bits per heavy atom. The van der Waals surface area contributed by atoms with Gasteiger partial charge in [0.15, 0.2) is 18.1 Å². The number of rotatable bonds is 4. The van der Waals surface area contributed by atoms with E-state index in [2.05, 4.69) is 5.32 Å². The maximum atomic E-state index is 12.1. The predicted molar refractivity (Wildman–Crippen MR) is 87.6 cm³/mol. The molecule has 0 atom stereocenters. The summed E-state index contributed by atoms with van der Waals surface area (Å²) in [5.41, 5.74) is 2.56. The highest BCUT2D eigenvalue weighted by molar-refractivity contribution is 6.34. The van der Waals surface area contributed by atoms with Gasteiger partial charge in [0.1, 0.15) is 5.75 Å². The number of fused-ring (bicyclic) bond motifs is 1. The van der Waals surface area contributed by atoms with Crippen LogP contribution in [0, 0.1) is 13.8 Å². The van der Waals surface area contributed by atoms with Gasteiger partial charge in [0.05, 0.1) is 10.7 Å². The van der Waals surface area contributed by atoms with Crippen molar-refractivity contribution < 1.29 is 19.0 Å². The Kier molecular flexibility index (Phi) is 4.30. The van der Waals surface area contributed by atoms with E-state index in [9.17, 15) is 4.79 Å². The number of ether oxygens (including phenoxy) is 3. The second kappa shape index (κ2) is 6.38. The van der Waals surface area contributed by atoms with Gasteiger partial charge >= 0.3 is 0 Å². The molecule has 1 N–H and O–H groups in total. The molecule has 0 aromatic heterocycles. The van der Waals surface area contributed by atoms with Crippen molar-refractivity contribution in [1.82, 2.24) is 0 Å². The van der Waals surface area contributed by atoms with Crippen molar-refractivity contribution in [1.29, 1.82) is 0 Å². The summed E-state index contributed by atoms with van der Waals surface area (Å²) >= 11 is 6.17. The molecule has 0 spiro atoms. The Bertz CT molecular complexity index is 737. The Labute approximate surface area is 139 Å². The summed E-state index contributed by atoms with van der Waals surface area (Å²) in [6.07, 6.45) is 0. The lowest BCUT2D eigenvalue weighted by Gasteiger charge is -2.12. The topological polar surface area (TPSA) is 56.8 Å². The van der Waals surface area contributed by atoms with Crippen LogP contribution in [0.15, 0.2) is 30.3 Å². The van der Waals surface area contributed by atoms with Crippen LogP contribution in [-0.2, 0) is 4.79 Å². The SMILES string of the molecule is Cc1cc(C)c(NC(=O)COc2ccc3c(c2)OCO3)c(Cl)c1. The summed E-state index contributed by atoms with van der Waals surface area (Å²) in [5, 5.41) is 3.29. The fourth-order valence-electron chi connectivity index (χ4n) is 2.37. The second-order valence-corrected chi connectivity index (χ2v) is 5.70. The van der Waals surface area contributed by atoms with Crippen LogP contribution in [0.2, 0.25) is 5.02 Å². The Morgan fingerprint density at radius 1 is 1.22 bits per heavy atom. The van der Waals surface area contributed by atoms with Gasteiger partial charge in [0.25, 0.3) is 5.91 Å². The fourth-order valence-corrected chi connectivity index (χ4v) is 2.73. The first-order chi connectivity index (χ1) is 11.0. The molecule has 120 valence electrons. The molecule has 6 heteroatoms. The summed E-state index contributed by atoms with van der Waals surface area (Å²) in [6, 6.07) is 8.93. The highest BCUT2D eigenvalue weighted by Crippen LogP contribution is 2.35. The number of anilines is 1. The summed E-state index contributed by atoms with van der Waals surface area (Å²) < 4.78 is 16.0. The van der Waals surface area contributed by atoms with Gasteiger partial charge in [-0.05, 0) is 43.2 Å². The van der Waals surface area contributed by atoms with Crippen LogP contribution in [0.3, 0.4) is 0 Å². The van der Waals surface area contributed by atoms with Gasteiger partial charge in [-0.25, -0.2) is 0 Å². The number of hydrogen-bond donors (Lipinski definition) is 1. The van der Waals surface area contributed by atoms with E-state index in [0.29, 0.717) is 28.0 Å². The number of carbonyl (C=O) groups excluding carboxylic acids is 1. The van der Waals surface area contributed by atoms with E-state index < -0.39 is 0 Å². The molecule has 0 radical (unpaired) electrons. The first-order valence-corrected chi connectivity index (χ1v) is 7.50. The average Bonchev–Trinajstić information content (AvgIpc) is 2.96. The first-order valence-electron chi connectivity index (χ1n) is 7.12. The fraction of sp³-hybridized carbons (Fsp3) is 0.235. The van der Waals surface area contributed by atoms with E-state index in [1.165, 1.54) is 0 Å². The normalized spacial score (nSPS) is 12.1. The van der Waals surface area contributed by atoms with Crippen molar-refractivity contribution in [2.75, 3.05) is 18.7 Å². The standard InChI is InChI=1S/C17H16ClNO4/c1-10-5-11(2)17(13(18)6-10)19-16(20)8-21-12-3-4-14-15(7-12)23-9-22-14/h3-7H,8-9H2,1-2H3,(H,19,20). The third-order valence-electron chi connectivity index (χ3n) is 3.41. The monoisotopic (exact) mass is 333 g/mol. The van der Waals surface area contributed by atoms with Crippen LogP contribution in [0.4, 0.5) is 5.69 Å². The molecule has 1 heterocycles. The Hall–Kier alpha value is -2.40. The molecular weight excluding hydrogens is 318 g/mol. The first kappa shape index (κ1) is 15.5. The number of aryl methyl sites for hydroxylation is 2. The molecule has 1 amide bonds. The van der Waals surface area contributed by atoms with Gasteiger partial charge < -0.3 is 19.5 Å². The van der Waals surface area contributed by atoms with E-state index in [0.717, 1.165) is 11.1 Å². The summed E-state index contributed by atoms with van der Waals surface area (Å²) in [4.78, 5) is 12.1. The Balaban J connectivity index is 1.62. The lowest BCUT2D eigenvalue weighted by atomic mass is 10.1. The number of nitrogens with one attached hydrogen (secondary N) is 1. The second-order valence-electron chi connectivity index (χ2n) is 5.29. The molecule has 0 saturated carbocycles. The zero-order chi connectivity index (χ0) is 16.4. The van der Waals surface area contributed by atoms with E-state index in [1.807, 2.05) is 26.0 Å². The minimum absolute atomic E-state index is 0.122. The third kappa shape index (κ3) is 3.51. The number of benzene rings is 2. The van der Waals surface area contributed by atoms with E-state index in [-0.39, 0.29) is 19.3 Å². The van der Waals surface area contributed by atoms with Crippen molar-refractivity contribution in [3.05, 3.63) is 46.5 Å². The molecule has 0 bridgehead atoms. The number of halogens is 1. The van der Waals surface area contributed by atoms with Gasteiger partial charge in [-0.15, -0.1) is 0 Å². The highest BCUT2D eigenvalue weighted by atomic mass is 35.5. The third-order valence-corrected chi connectivity index (χ3v) is 3.71. The van der Waals surface area contributed by atoms with E-state index in [1.54, 1.807) is 18.2 Å². The lowest BCUT2D eigenvalue weighted by Crippen LogP contribution is -2.21. The quantitative estimate of drug-likeness (QED) is 0.926. The minimum Gasteiger partial charge on any atom is -0.484 e. The van der Waals surface area contributed by atoms with Crippen molar-refractivity contribution in [3.63, 3.8) is 0 Å². The number of hydrogen-bond acceptors (Lipinski definition) is 4. The van der Waals surface area contributed by atoms with Crippen LogP contribution in [0.25, 0.3) is 0 Å². The molecule has 2 aromatic carbocycles. The van der Waals surface area contributed by atoms with Crippen LogP contribution in [-0.4, -0.2) is 19.3 Å². The molecule has 0 unspecified atom stereocenters. The van der Waals surface area contributed by atoms with E-state index >= 15 is 0 Å². The van der Waals surface area contributed by atoms with Gasteiger partial charge in [0, 0.05) is 6.07 Å². The van der Waals surface area contributed by atoms with Gasteiger partial charge in [-0.3, -0.25) is 4.79 Å². The Morgan fingerprint density at radius 2 is 2.00 bits per heavy atom. The zero-order valence-electron chi connectivity index (χ0n) is 12.8. The van der Waals surface area contributed by atoms with E-state index in [4.69, 9.17) is 25.8 Å². The van der Waals surface area contributed by atoms with Crippen molar-refractivity contribution in [2.45, 2.75) is 13.8 Å². The molecule has 2 aromatic rings. The molecule has 3 rings (SSSR count). The highest BCUT2D eigenvalue weighted by Gasteiger charge is 2.15. The van der Waals surface area contributed by atoms with Crippen LogP contribution in [0.5, 0.6) is 17.2 Å². The van der Waals surface area contributed by atoms with Crippen molar-refractivity contribution in [2.24, 2.45) is 0 Å². The minimum atomic E-state index is -0.281. The molecule has 0 saturated heterocycles. The maximum absolute atomic E-state index is 12.1. The zero-order valence-corrected chi connectivity index (χ0v) is 13.6. The average molecular weight is 334 g/mol. The molecular formula is C17H16ClNO4. The van der Waals surface area contributed by atoms with Crippen molar-refractivity contribution >= 4 is 23.2 Å². The van der Waals surface area contributed by atoms with Crippen molar-refractivity contribution in [3.8, 4) is 17.2 Å². The summed E-state index contributed by atoms with van der Waals surface area (Å²) in [7, 11) is 0. The summed E-state index contributed by atoms with van der Waals surface area (Å²) in [6.45, 7) is 3.92. The molecule has 23 heavy (non-hydrogen) atoms. The lowest BCUT2D eigenvalue weighted by molar-refractivity contribution is -0.118. The molecule has 5 nitrogen and oxygen atoms in total.